The topological polar surface area (TPSA) is 88.4 Å². The third-order valence-corrected chi connectivity index (χ3v) is 5.14. The maximum atomic E-state index is 14.5. The van der Waals surface area contributed by atoms with Crippen molar-refractivity contribution in [3.05, 3.63) is 47.8 Å². The van der Waals surface area contributed by atoms with Gasteiger partial charge in [0.05, 0.1) is 18.0 Å². The zero-order chi connectivity index (χ0) is 20.7. The normalized spacial score (nSPS) is 13.4. The fourth-order valence-electron chi connectivity index (χ4n) is 2.66. The van der Waals surface area contributed by atoms with Gasteiger partial charge >= 0.3 is 0 Å². The molecule has 1 aromatic heterocycles. The standard InChI is InChI=1S/C19H28FN5O2S/c1-5-21-19(24-14(2)8-11-28(4,26)27)23-13-16-6-7-18(17(20)12-16)25-10-9-22-15(25)3/h6-7,9-10,12,14H,5,8,11,13H2,1-4H3,(H2,21,23,24). The zero-order valence-corrected chi connectivity index (χ0v) is 17.6. The first-order valence-electron chi connectivity index (χ1n) is 9.21. The summed E-state index contributed by atoms with van der Waals surface area (Å²) in [5.74, 6) is 1.05. The number of benzene rings is 1. The van der Waals surface area contributed by atoms with Crippen LogP contribution in [-0.2, 0) is 16.4 Å². The molecule has 0 aliphatic heterocycles. The second-order valence-corrected chi connectivity index (χ2v) is 9.05. The molecule has 0 saturated heterocycles. The van der Waals surface area contributed by atoms with Crippen molar-refractivity contribution >= 4 is 15.8 Å². The number of sulfone groups is 1. The Morgan fingerprint density at radius 2 is 2.14 bits per heavy atom. The van der Waals surface area contributed by atoms with Crippen molar-refractivity contribution in [3.8, 4) is 5.69 Å². The Bertz CT molecular complexity index is 924. The second-order valence-electron chi connectivity index (χ2n) is 6.79. The summed E-state index contributed by atoms with van der Waals surface area (Å²) in [7, 11) is -3.00. The molecule has 0 aliphatic carbocycles. The molecule has 2 rings (SSSR count). The molecule has 0 bridgehead atoms. The van der Waals surface area contributed by atoms with Crippen LogP contribution in [-0.4, -0.2) is 48.5 Å². The highest BCUT2D eigenvalue weighted by Gasteiger charge is 2.10. The Morgan fingerprint density at radius 3 is 2.71 bits per heavy atom. The molecule has 154 valence electrons. The van der Waals surface area contributed by atoms with Crippen LogP contribution in [0.2, 0.25) is 0 Å². The van der Waals surface area contributed by atoms with Gasteiger partial charge in [0.1, 0.15) is 21.5 Å². The summed E-state index contributed by atoms with van der Waals surface area (Å²) in [5.41, 5.74) is 1.18. The van der Waals surface area contributed by atoms with Gasteiger partial charge in [-0.3, -0.25) is 0 Å². The summed E-state index contributed by atoms with van der Waals surface area (Å²) in [5, 5.41) is 6.30. The highest BCUT2D eigenvalue weighted by atomic mass is 32.2. The summed E-state index contributed by atoms with van der Waals surface area (Å²) < 4.78 is 38.8. The third kappa shape index (κ3) is 6.63. The predicted molar refractivity (Wildman–Crippen MR) is 110 cm³/mol. The number of guanidine groups is 1. The van der Waals surface area contributed by atoms with Crippen molar-refractivity contribution in [2.24, 2.45) is 4.99 Å². The number of rotatable bonds is 8. The average Bonchev–Trinajstić information content (AvgIpc) is 3.03. The van der Waals surface area contributed by atoms with Crippen LogP contribution >= 0.6 is 0 Å². The molecular formula is C19H28FN5O2S. The van der Waals surface area contributed by atoms with E-state index in [1.54, 1.807) is 23.0 Å². The van der Waals surface area contributed by atoms with Crippen LogP contribution in [0.15, 0.2) is 35.6 Å². The Hall–Kier alpha value is -2.42. The first-order chi connectivity index (χ1) is 13.2. The lowest BCUT2D eigenvalue weighted by Gasteiger charge is -2.17. The number of nitrogens with one attached hydrogen (secondary N) is 2. The lowest BCUT2D eigenvalue weighted by Crippen LogP contribution is -2.42. The molecule has 0 aliphatic rings. The Labute approximate surface area is 166 Å². The van der Waals surface area contributed by atoms with Gasteiger partial charge in [0.25, 0.3) is 0 Å². The van der Waals surface area contributed by atoms with E-state index in [4.69, 9.17) is 0 Å². The van der Waals surface area contributed by atoms with E-state index in [9.17, 15) is 12.8 Å². The first kappa shape index (κ1) is 21.9. The van der Waals surface area contributed by atoms with Crippen LogP contribution in [0.1, 0.15) is 31.7 Å². The Balaban J connectivity index is 2.06. The molecule has 0 radical (unpaired) electrons. The van der Waals surface area contributed by atoms with Gasteiger partial charge in [-0.25, -0.2) is 22.8 Å². The molecule has 0 spiro atoms. The van der Waals surface area contributed by atoms with Crippen LogP contribution in [0.5, 0.6) is 0 Å². The number of hydrogen-bond acceptors (Lipinski definition) is 4. The maximum absolute atomic E-state index is 14.5. The fraction of sp³-hybridized carbons (Fsp3) is 0.474. The van der Waals surface area contributed by atoms with Gasteiger partial charge in [-0.1, -0.05) is 6.07 Å². The maximum Gasteiger partial charge on any atom is 0.191 e. The Morgan fingerprint density at radius 1 is 1.39 bits per heavy atom. The molecular weight excluding hydrogens is 381 g/mol. The lowest BCUT2D eigenvalue weighted by molar-refractivity contribution is 0.581. The third-order valence-electron chi connectivity index (χ3n) is 4.17. The lowest BCUT2D eigenvalue weighted by atomic mass is 10.2. The van der Waals surface area contributed by atoms with Crippen molar-refractivity contribution in [1.29, 1.82) is 0 Å². The summed E-state index contributed by atoms with van der Waals surface area (Å²) in [4.78, 5) is 8.59. The summed E-state index contributed by atoms with van der Waals surface area (Å²) in [6.45, 7) is 6.63. The van der Waals surface area contributed by atoms with Crippen molar-refractivity contribution in [2.75, 3.05) is 18.6 Å². The van der Waals surface area contributed by atoms with Crippen LogP contribution in [0.25, 0.3) is 5.69 Å². The van der Waals surface area contributed by atoms with Crippen molar-refractivity contribution in [1.82, 2.24) is 20.2 Å². The molecule has 1 aromatic carbocycles. The zero-order valence-electron chi connectivity index (χ0n) is 16.7. The van der Waals surface area contributed by atoms with Gasteiger partial charge in [0, 0.05) is 31.2 Å². The van der Waals surface area contributed by atoms with Crippen LogP contribution in [0, 0.1) is 12.7 Å². The number of imidazole rings is 1. The smallest absolute Gasteiger partial charge is 0.191 e. The molecule has 0 fully saturated rings. The molecule has 0 saturated carbocycles. The first-order valence-corrected chi connectivity index (χ1v) is 11.3. The van der Waals surface area contributed by atoms with Gasteiger partial charge < -0.3 is 15.2 Å². The molecule has 1 unspecified atom stereocenters. The van der Waals surface area contributed by atoms with Gasteiger partial charge in [0.2, 0.25) is 0 Å². The minimum atomic E-state index is -3.00. The van der Waals surface area contributed by atoms with Gasteiger partial charge in [-0.2, -0.15) is 0 Å². The van der Waals surface area contributed by atoms with Crippen LogP contribution < -0.4 is 10.6 Å². The SMILES string of the molecule is CCNC(=NCc1ccc(-n2ccnc2C)c(F)c1)NC(C)CCS(C)(=O)=O. The second kappa shape index (κ2) is 9.68. The number of aromatic nitrogens is 2. The number of halogens is 1. The van der Waals surface area contributed by atoms with E-state index >= 15 is 0 Å². The highest BCUT2D eigenvalue weighted by Crippen LogP contribution is 2.17. The van der Waals surface area contributed by atoms with Crippen LogP contribution in [0.3, 0.4) is 0 Å². The average molecular weight is 410 g/mol. The fourth-order valence-corrected chi connectivity index (χ4v) is 3.45. The van der Waals surface area contributed by atoms with E-state index in [0.29, 0.717) is 37.0 Å². The van der Waals surface area contributed by atoms with Crippen LogP contribution in [0.4, 0.5) is 4.39 Å². The van der Waals surface area contributed by atoms with E-state index < -0.39 is 9.84 Å². The van der Waals surface area contributed by atoms with Gasteiger partial charge in [0.15, 0.2) is 5.96 Å². The number of hydrogen-bond donors (Lipinski definition) is 2. The molecule has 0 amide bonds. The van der Waals surface area contributed by atoms with Crippen molar-refractivity contribution in [2.45, 2.75) is 39.8 Å². The largest absolute Gasteiger partial charge is 0.357 e. The van der Waals surface area contributed by atoms with Crippen molar-refractivity contribution in [3.63, 3.8) is 0 Å². The predicted octanol–water partition coefficient (Wildman–Crippen LogP) is 2.20. The molecule has 9 heteroatoms. The van der Waals surface area contributed by atoms with Gasteiger partial charge in [-0.15, -0.1) is 0 Å². The van der Waals surface area contributed by atoms with E-state index in [2.05, 4.69) is 20.6 Å². The van der Waals surface area contributed by atoms with E-state index in [-0.39, 0.29) is 17.6 Å². The van der Waals surface area contributed by atoms with Gasteiger partial charge in [-0.05, 0) is 44.9 Å². The molecule has 2 N–H and O–H groups in total. The van der Waals surface area contributed by atoms with E-state index in [1.165, 1.54) is 12.3 Å². The number of nitrogens with zero attached hydrogens (tertiary/aromatic N) is 3. The highest BCUT2D eigenvalue weighted by molar-refractivity contribution is 7.90. The minimum Gasteiger partial charge on any atom is -0.357 e. The summed E-state index contributed by atoms with van der Waals surface area (Å²) >= 11 is 0. The summed E-state index contributed by atoms with van der Waals surface area (Å²) in [6.07, 6.45) is 5.06. The molecule has 28 heavy (non-hydrogen) atoms. The quantitative estimate of drug-likeness (QED) is 0.515. The number of aliphatic imine (C=N–C) groups is 1. The molecule has 1 atom stereocenters. The molecule has 2 aromatic rings. The summed E-state index contributed by atoms with van der Waals surface area (Å²) in [6, 6.07) is 4.95. The number of aryl methyl sites for hydroxylation is 1. The molecule has 7 nitrogen and oxygen atoms in total. The minimum absolute atomic E-state index is 0.0594. The van der Waals surface area contributed by atoms with Crippen molar-refractivity contribution < 1.29 is 12.8 Å². The molecule has 1 heterocycles. The van der Waals surface area contributed by atoms with E-state index in [0.717, 1.165) is 5.56 Å². The monoisotopic (exact) mass is 409 g/mol. The van der Waals surface area contributed by atoms with E-state index in [1.807, 2.05) is 26.8 Å². The Kier molecular flexibility index (Phi) is 7.56.